The molecule has 14 heavy (non-hydrogen) atoms. The van der Waals surface area contributed by atoms with Crippen LogP contribution in [0.5, 0.6) is 0 Å². The molecule has 2 rings (SSSR count). The summed E-state index contributed by atoms with van der Waals surface area (Å²) in [4.78, 5) is 10.5. The van der Waals surface area contributed by atoms with Crippen LogP contribution in [0.1, 0.15) is 18.4 Å². The smallest absolute Gasteiger partial charge is 0.316 e. The minimum Gasteiger partial charge on any atom is -0.351 e. The standard InChI is InChI=1S/C10H13N3O/c11-9(14)13-8-3-1-7(2-4-8)10(12)5-6-10/h1-4H,5-6,12H2,(H3,11,13,14). The third kappa shape index (κ3) is 1.70. The first-order valence-corrected chi connectivity index (χ1v) is 4.56. The van der Waals surface area contributed by atoms with Crippen LogP contribution in [0.3, 0.4) is 0 Å². The summed E-state index contributed by atoms with van der Waals surface area (Å²) in [7, 11) is 0. The highest BCUT2D eigenvalue weighted by atomic mass is 16.2. The van der Waals surface area contributed by atoms with Gasteiger partial charge in [-0.1, -0.05) is 12.1 Å². The molecule has 0 unspecified atom stereocenters. The van der Waals surface area contributed by atoms with Crippen LogP contribution >= 0.6 is 0 Å². The molecule has 0 saturated heterocycles. The Bertz CT molecular complexity index is 354. The van der Waals surface area contributed by atoms with E-state index in [1.54, 1.807) is 0 Å². The maximum absolute atomic E-state index is 10.5. The predicted octanol–water partition coefficient (Wildman–Crippen LogP) is 1.12. The number of anilines is 1. The van der Waals surface area contributed by atoms with E-state index in [1.165, 1.54) is 0 Å². The minimum atomic E-state index is -0.549. The highest BCUT2D eigenvalue weighted by Gasteiger charge is 2.39. The van der Waals surface area contributed by atoms with Crippen molar-refractivity contribution in [1.29, 1.82) is 0 Å². The van der Waals surface area contributed by atoms with Gasteiger partial charge in [-0.05, 0) is 30.5 Å². The van der Waals surface area contributed by atoms with Crippen molar-refractivity contribution >= 4 is 11.7 Å². The molecule has 0 aromatic heterocycles. The Morgan fingerprint density at radius 3 is 2.29 bits per heavy atom. The molecule has 0 heterocycles. The van der Waals surface area contributed by atoms with Crippen LogP contribution in [-0.4, -0.2) is 6.03 Å². The first kappa shape index (κ1) is 9.02. The molecule has 1 fully saturated rings. The zero-order valence-corrected chi connectivity index (χ0v) is 7.79. The summed E-state index contributed by atoms with van der Waals surface area (Å²) < 4.78 is 0. The molecular weight excluding hydrogens is 178 g/mol. The topological polar surface area (TPSA) is 81.1 Å². The summed E-state index contributed by atoms with van der Waals surface area (Å²) in [6.45, 7) is 0. The Morgan fingerprint density at radius 1 is 1.29 bits per heavy atom. The maximum atomic E-state index is 10.5. The largest absolute Gasteiger partial charge is 0.351 e. The zero-order valence-electron chi connectivity index (χ0n) is 7.79. The number of benzene rings is 1. The van der Waals surface area contributed by atoms with Gasteiger partial charge in [0.25, 0.3) is 0 Å². The number of hydrogen-bond acceptors (Lipinski definition) is 2. The molecule has 0 atom stereocenters. The monoisotopic (exact) mass is 191 g/mol. The number of nitrogens with two attached hydrogens (primary N) is 2. The van der Waals surface area contributed by atoms with Gasteiger partial charge in [-0.15, -0.1) is 0 Å². The summed E-state index contributed by atoms with van der Waals surface area (Å²) in [6, 6.07) is 6.93. The van der Waals surface area contributed by atoms with E-state index < -0.39 is 6.03 Å². The lowest BCUT2D eigenvalue weighted by Gasteiger charge is -2.09. The molecule has 0 aliphatic heterocycles. The summed E-state index contributed by atoms with van der Waals surface area (Å²) in [5.74, 6) is 0. The van der Waals surface area contributed by atoms with E-state index in [1.807, 2.05) is 24.3 Å². The predicted molar refractivity (Wildman–Crippen MR) is 54.7 cm³/mol. The maximum Gasteiger partial charge on any atom is 0.316 e. The lowest BCUT2D eigenvalue weighted by Crippen LogP contribution is -2.20. The van der Waals surface area contributed by atoms with Crippen molar-refractivity contribution in [3.8, 4) is 0 Å². The number of amides is 2. The third-order valence-corrected chi connectivity index (χ3v) is 2.52. The zero-order chi connectivity index (χ0) is 10.2. The average molecular weight is 191 g/mol. The molecule has 5 N–H and O–H groups in total. The Labute approximate surface area is 82.3 Å². The molecule has 0 bridgehead atoms. The molecule has 1 aromatic carbocycles. The number of carbonyl (C=O) groups excluding carboxylic acids is 1. The lowest BCUT2D eigenvalue weighted by molar-refractivity contribution is 0.259. The van der Waals surface area contributed by atoms with Crippen molar-refractivity contribution < 1.29 is 4.79 Å². The Balaban J connectivity index is 2.14. The quantitative estimate of drug-likeness (QED) is 0.654. The molecule has 1 aliphatic rings. The van der Waals surface area contributed by atoms with E-state index >= 15 is 0 Å². The highest BCUT2D eigenvalue weighted by Crippen LogP contribution is 2.42. The fourth-order valence-electron chi connectivity index (χ4n) is 1.45. The first-order chi connectivity index (χ1) is 6.60. The summed E-state index contributed by atoms with van der Waals surface area (Å²) in [6.07, 6.45) is 2.07. The molecule has 0 radical (unpaired) electrons. The Morgan fingerprint density at radius 2 is 1.86 bits per heavy atom. The Hall–Kier alpha value is -1.55. The molecule has 4 nitrogen and oxygen atoms in total. The molecule has 2 amide bonds. The normalized spacial score (nSPS) is 17.5. The van der Waals surface area contributed by atoms with E-state index in [4.69, 9.17) is 11.5 Å². The average Bonchev–Trinajstić information content (AvgIpc) is 2.85. The minimum absolute atomic E-state index is 0.120. The molecule has 4 heteroatoms. The van der Waals surface area contributed by atoms with Gasteiger partial charge < -0.3 is 16.8 Å². The molecular formula is C10H13N3O. The van der Waals surface area contributed by atoms with E-state index in [-0.39, 0.29) is 5.54 Å². The molecule has 1 saturated carbocycles. The van der Waals surface area contributed by atoms with Crippen molar-refractivity contribution in [2.24, 2.45) is 11.5 Å². The second-order valence-corrected chi connectivity index (χ2v) is 3.72. The SMILES string of the molecule is NC(=O)Nc1ccc(C2(N)CC2)cc1. The number of nitrogens with one attached hydrogen (secondary N) is 1. The van der Waals surface area contributed by atoms with Crippen LogP contribution in [0.15, 0.2) is 24.3 Å². The summed E-state index contributed by atoms with van der Waals surface area (Å²) in [5.41, 5.74) is 12.7. The second kappa shape index (κ2) is 2.99. The molecule has 1 aromatic rings. The van der Waals surface area contributed by atoms with Crippen LogP contribution < -0.4 is 16.8 Å². The van der Waals surface area contributed by atoms with Gasteiger partial charge >= 0.3 is 6.03 Å². The van der Waals surface area contributed by atoms with E-state index in [0.29, 0.717) is 5.69 Å². The number of hydrogen-bond donors (Lipinski definition) is 3. The van der Waals surface area contributed by atoms with Gasteiger partial charge in [0, 0.05) is 11.2 Å². The van der Waals surface area contributed by atoms with Crippen LogP contribution in [0.25, 0.3) is 0 Å². The number of carbonyl (C=O) groups is 1. The molecule has 0 spiro atoms. The number of urea groups is 1. The van der Waals surface area contributed by atoms with Crippen LogP contribution in [0.4, 0.5) is 10.5 Å². The fraction of sp³-hybridized carbons (Fsp3) is 0.300. The van der Waals surface area contributed by atoms with Gasteiger partial charge in [0.2, 0.25) is 0 Å². The van der Waals surface area contributed by atoms with E-state index in [9.17, 15) is 4.79 Å². The lowest BCUT2D eigenvalue weighted by atomic mass is 10.1. The van der Waals surface area contributed by atoms with Crippen molar-refractivity contribution in [2.75, 3.05) is 5.32 Å². The van der Waals surface area contributed by atoms with E-state index in [0.717, 1.165) is 18.4 Å². The van der Waals surface area contributed by atoms with Crippen molar-refractivity contribution in [2.45, 2.75) is 18.4 Å². The van der Waals surface area contributed by atoms with Gasteiger partial charge in [-0.3, -0.25) is 0 Å². The van der Waals surface area contributed by atoms with Crippen molar-refractivity contribution in [3.63, 3.8) is 0 Å². The third-order valence-electron chi connectivity index (χ3n) is 2.52. The van der Waals surface area contributed by atoms with Gasteiger partial charge in [-0.2, -0.15) is 0 Å². The van der Waals surface area contributed by atoms with Crippen LogP contribution in [0.2, 0.25) is 0 Å². The molecule has 1 aliphatic carbocycles. The van der Waals surface area contributed by atoms with Crippen LogP contribution in [-0.2, 0) is 5.54 Å². The van der Waals surface area contributed by atoms with Crippen molar-refractivity contribution in [3.05, 3.63) is 29.8 Å². The van der Waals surface area contributed by atoms with E-state index in [2.05, 4.69) is 5.32 Å². The Kier molecular flexibility index (Phi) is 1.93. The fourth-order valence-corrected chi connectivity index (χ4v) is 1.45. The number of rotatable bonds is 2. The molecule has 74 valence electrons. The van der Waals surface area contributed by atoms with Crippen LogP contribution in [0, 0.1) is 0 Å². The highest BCUT2D eigenvalue weighted by molar-refractivity contribution is 5.87. The first-order valence-electron chi connectivity index (χ1n) is 4.56. The van der Waals surface area contributed by atoms with Gasteiger partial charge in [-0.25, -0.2) is 4.79 Å². The van der Waals surface area contributed by atoms with Gasteiger partial charge in [0.05, 0.1) is 0 Å². The van der Waals surface area contributed by atoms with Crippen molar-refractivity contribution in [1.82, 2.24) is 0 Å². The summed E-state index contributed by atoms with van der Waals surface area (Å²) in [5, 5.41) is 2.50. The summed E-state index contributed by atoms with van der Waals surface area (Å²) >= 11 is 0. The second-order valence-electron chi connectivity index (χ2n) is 3.72. The van der Waals surface area contributed by atoms with Gasteiger partial charge in [0.1, 0.15) is 0 Å². The number of primary amides is 1. The van der Waals surface area contributed by atoms with Gasteiger partial charge in [0.15, 0.2) is 0 Å².